The van der Waals surface area contributed by atoms with E-state index in [1.165, 1.54) is 0 Å². The Hall–Kier alpha value is -2.83. The van der Waals surface area contributed by atoms with E-state index in [2.05, 4.69) is 15.2 Å². The number of benzene rings is 1. The molecular weight excluding hydrogens is 378 g/mol. The van der Waals surface area contributed by atoms with Gasteiger partial charge in [-0.15, -0.1) is 0 Å². The maximum atomic E-state index is 12.4. The number of amides is 1. The summed E-state index contributed by atoms with van der Waals surface area (Å²) < 4.78 is 11.0. The topological polar surface area (TPSA) is 67.6 Å². The number of nitrogens with one attached hydrogen (secondary N) is 1. The molecule has 1 aliphatic rings. The van der Waals surface area contributed by atoms with E-state index in [1.807, 2.05) is 24.3 Å². The molecule has 1 amide bonds. The number of nitrogens with zero attached hydrogens (tertiary/aromatic N) is 2. The lowest BCUT2D eigenvalue weighted by Crippen LogP contribution is -2.36. The number of ether oxygens (including phenoxy) is 1. The highest BCUT2D eigenvalue weighted by Gasteiger charge is 2.14. The fourth-order valence-electron chi connectivity index (χ4n) is 3.00. The molecule has 4 rings (SSSR count). The molecule has 1 fully saturated rings. The normalized spacial score (nSPS) is 14.1. The van der Waals surface area contributed by atoms with Gasteiger partial charge in [-0.05, 0) is 48.0 Å². The van der Waals surface area contributed by atoms with Crippen LogP contribution in [0.5, 0.6) is 0 Å². The van der Waals surface area contributed by atoms with Gasteiger partial charge < -0.3 is 19.4 Å². The van der Waals surface area contributed by atoms with Crippen LogP contribution in [0.25, 0.3) is 11.3 Å². The van der Waals surface area contributed by atoms with Crippen molar-refractivity contribution < 1.29 is 13.9 Å². The first-order chi connectivity index (χ1) is 13.7. The van der Waals surface area contributed by atoms with Gasteiger partial charge in [0.15, 0.2) is 5.76 Å². The summed E-state index contributed by atoms with van der Waals surface area (Å²) >= 11 is 5.90. The first kappa shape index (κ1) is 18.5. The van der Waals surface area contributed by atoms with Crippen LogP contribution in [0.3, 0.4) is 0 Å². The number of hydrogen-bond donors (Lipinski definition) is 1. The number of carbonyl (C=O) groups is 1. The van der Waals surface area contributed by atoms with Crippen molar-refractivity contribution in [2.75, 3.05) is 31.2 Å². The van der Waals surface area contributed by atoms with Crippen LogP contribution < -0.4 is 10.2 Å². The summed E-state index contributed by atoms with van der Waals surface area (Å²) in [6.45, 7) is 3.52. The van der Waals surface area contributed by atoms with Crippen molar-refractivity contribution in [2.24, 2.45) is 0 Å². The second-order valence-electron chi connectivity index (χ2n) is 6.48. The van der Waals surface area contributed by atoms with E-state index >= 15 is 0 Å². The highest BCUT2D eigenvalue weighted by Crippen LogP contribution is 2.24. The molecule has 1 aromatic carbocycles. The third-order valence-electron chi connectivity index (χ3n) is 4.56. The van der Waals surface area contributed by atoms with Crippen LogP contribution in [0.2, 0.25) is 5.02 Å². The molecule has 0 saturated carbocycles. The van der Waals surface area contributed by atoms with Gasteiger partial charge >= 0.3 is 0 Å². The van der Waals surface area contributed by atoms with E-state index < -0.39 is 0 Å². The number of anilines is 1. The highest BCUT2D eigenvalue weighted by molar-refractivity contribution is 6.30. The van der Waals surface area contributed by atoms with Crippen molar-refractivity contribution in [3.8, 4) is 11.3 Å². The average molecular weight is 398 g/mol. The molecule has 3 aromatic rings. The van der Waals surface area contributed by atoms with E-state index in [4.69, 9.17) is 20.8 Å². The summed E-state index contributed by atoms with van der Waals surface area (Å²) in [6, 6.07) is 14.7. The average Bonchev–Trinajstić information content (AvgIpc) is 3.24. The van der Waals surface area contributed by atoms with Crippen molar-refractivity contribution in [2.45, 2.75) is 6.54 Å². The van der Waals surface area contributed by atoms with Crippen molar-refractivity contribution in [1.29, 1.82) is 0 Å². The fourth-order valence-corrected chi connectivity index (χ4v) is 3.13. The van der Waals surface area contributed by atoms with Crippen LogP contribution in [-0.2, 0) is 11.3 Å². The lowest BCUT2D eigenvalue weighted by atomic mass is 10.2. The molecule has 28 heavy (non-hydrogen) atoms. The number of rotatable bonds is 5. The molecule has 144 valence electrons. The summed E-state index contributed by atoms with van der Waals surface area (Å²) in [5.74, 6) is 1.55. The Bertz CT molecular complexity index is 932. The first-order valence-electron chi connectivity index (χ1n) is 9.11. The zero-order chi connectivity index (χ0) is 19.3. The van der Waals surface area contributed by atoms with Gasteiger partial charge in [0.25, 0.3) is 5.91 Å². The lowest BCUT2D eigenvalue weighted by Gasteiger charge is -2.27. The smallest absolute Gasteiger partial charge is 0.287 e. The minimum Gasteiger partial charge on any atom is -0.451 e. The molecule has 1 N–H and O–H groups in total. The van der Waals surface area contributed by atoms with Crippen LogP contribution >= 0.6 is 11.6 Å². The van der Waals surface area contributed by atoms with Gasteiger partial charge in [-0.3, -0.25) is 4.79 Å². The molecule has 6 nitrogen and oxygen atoms in total. The zero-order valence-corrected chi connectivity index (χ0v) is 16.0. The maximum Gasteiger partial charge on any atom is 0.287 e. The number of aromatic nitrogens is 1. The Morgan fingerprint density at radius 2 is 1.86 bits per heavy atom. The quantitative estimate of drug-likeness (QED) is 0.710. The van der Waals surface area contributed by atoms with E-state index in [0.717, 1.165) is 43.2 Å². The number of hydrogen-bond acceptors (Lipinski definition) is 5. The predicted octanol–water partition coefficient (Wildman–Crippen LogP) is 3.76. The SMILES string of the molecule is O=C(NCc1ccc(N2CCOCC2)nc1)c1ccc(-c2ccc(Cl)cc2)o1. The molecule has 3 heterocycles. The number of halogens is 1. The van der Waals surface area contributed by atoms with Crippen molar-refractivity contribution >= 4 is 23.3 Å². The van der Waals surface area contributed by atoms with E-state index in [-0.39, 0.29) is 11.7 Å². The summed E-state index contributed by atoms with van der Waals surface area (Å²) in [7, 11) is 0. The number of morpholine rings is 1. The molecule has 1 saturated heterocycles. The number of pyridine rings is 1. The Balaban J connectivity index is 1.34. The molecule has 1 aliphatic heterocycles. The van der Waals surface area contributed by atoms with Gasteiger partial charge in [-0.25, -0.2) is 4.98 Å². The van der Waals surface area contributed by atoms with Crippen molar-refractivity contribution in [3.63, 3.8) is 0 Å². The van der Waals surface area contributed by atoms with Gasteiger partial charge in [0.2, 0.25) is 0 Å². The van der Waals surface area contributed by atoms with Gasteiger partial charge in [0, 0.05) is 36.4 Å². The molecule has 0 radical (unpaired) electrons. The summed E-state index contributed by atoms with van der Waals surface area (Å²) in [5, 5.41) is 3.51. The monoisotopic (exact) mass is 397 g/mol. The summed E-state index contributed by atoms with van der Waals surface area (Å²) in [4.78, 5) is 19.0. The van der Waals surface area contributed by atoms with E-state index in [9.17, 15) is 4.79 Å². The molecule has 0 spiro atoms. The lowest BCUT2D eigenvalue weighted by molar-refractivity contribution is 0.0924. The molecule has 0 atom stereocenters. The molecule has 0 aliphatic carbocycles. The third-order valence-corrected chi connectivity index (χ3v) is 4.81. The van der Waals surface area contributed by atoms with Crippen LogP contribution in [0.1, 0.15) is 16.1 Å². The standard InChI is InChI=1S/C21H20ClN3O3/c22-17-4-2-16(3-5-17)18-6-7-19(28-18)21(26)24-14-15-1-8-20(23-13-15)25-9-11-27-12-10-25/h1-8,13H,9-12,14H2,(H,24,26). The van der Waals surface area contributed by atoms with Gasteiger partial charge in [0.1, 0.15) is 11.6 Å². The van der Waals surface area contributed by atoms with Crippen molar-refractivity contribution in [1.82, 2.24) is 10.3 Å². The van der Waals surface area contributed by atoms with Gasteiger partial charge in [-0.1, -0.05) is 17.7 Å². The van der Waals surface area contributed by atoms with Gasteiger partial charge in [0.05, 0.1) is 13.2 Å². The van der Waals surface area contributed by atoms with Crippen LogP contribution in [0, 0.1) is 0 Å². The second kappa shape index (κ2) is 8.46. The minimum atomic E-state index is -0.266. The van der Waals surface area contributed by atoms with E-state index in [1.54, 1.807) is 30.5 Å². The number of carbonyl (C=O) groups excluding carboxylic acids is 1. The zero-order valence-electron chi connectivity index (χ0n) is 15.2. The van der Waals surface area contributed by atoms with E-state index in [0.29, 0.717) is 17.3 Å². The highest BCUT2D eigenvalue weighted by atomic mass is 35.5. The molecular formula is C21H20ClN3O3. The van der Waals surface area contributed by atoms with Gasteiger partial charge in [-0.2, -0.15) is 0 Å². The molecule has 0 bridgehead atoms. The maximum absolute atomic E-state index is 12.4. The van der Waals surface area contributed by atoms with Crippen LogP contribution in [0.15, 0.2) is 59.1 Å². The summed E-state index contributed by atoms with van der Waals surface area (Å²) in [5.41, 5.74) is 1.79. The largest absolute Gasteiger partial charge is 0.451 e. The molecule has 7 heteroatoms. The number of furan rings is 1. The Labute approximate surface area is 168 Å². The Morgan fingerprint density at radius 1 is 1.07 bits per heavy atom. The summed E-state index contributed by atoms with van der Waals surface area (Å²) in [6.07, 6.45) is 1.78. The Morgan fingerprint density at radius 3 is 2.57 bits per heavy atom. The third kappa shape index (κ3) is 4.35. The first-order valence-corrected chi connectivity index (χ1v) is 9.48. The second-order valence-corrected chi connectivity index (χ2v) is 6.91. The van der Waals surface area contributed by atoms with Crippen LogP contribution in [-0.4, -0.2) is 37.2 Å². The molecule has 2 aromatic heterocycles. The van der Waals surface area contributed by atoms with Crippen LogP contribution in [0.4, 0.5) is 5.82 Å². The minimum absolute atomic E-state index is 0.266. The fraction of sp³-hybridized carbons (Fsp3) is 0.238. The molecule has 0 unspecified atom stereocenters. The predicted molar refractivity (Wildman–Crippen MR) is 108 cm³/mol. The Kier molecular flexibility index (Phi) is 5.60. The van der Waals surface area contributed by atoms with Crippen molar-refractivity contribution in [3.05, 3.63) is 71.1 Å².